The van der Waals surface area contributed by atoms with Gasteiger partial charge in [-0.2, -0.15) is 0 Å². The summed E-state index contributed by atoms with van der Waals surface area (Å²) in [5, 5.41) is 13.3. The molecule has 4 nitrogen and oxygen atoms in total. The normalized spacial score (nSPS) is 10.4. The van der Waals surface area contributed by atoms with E-state index in [-0.39, 0.29) is 5.75 Å². The van der Waals surface area contributed by atoms with Crippen LogP contribution in [0.1, 0.15) is 5.76 Å². The van der Waals surface area contributed by atoms with Gasteiger partial charge in [0.25, 0.3) is 0 Å². The molecule has 1 heterocycles. The molecule has 0 saturated heterocycles. The topological polar surface area (TPSA) is 72.3 Å². The number of aromatic nitrogens is 1. The number of aromatic hydroxyl groups is 1. The number of anilines is 1. The molecule has 0 amide bonds. The van der Waals surface area contributed by atoms with Crippen LogP contribution < -0.4 is 5.73 Å². The van der Waals surface area contributed by atoms with E-state index in [4.69, 9.17) is 10.3 Å². The fourth-order valence-corrected chi connectivity index (χ4v) is 1.20. The second kappa shape index (κ2) is 3.06. The summed E-state index contributed by atoms with van der Waals surface area (Å²) in [4.78, 5) is 0. The van der Waals surface area contributed by atoms with Gasteiger partial charge in [0.1, 0.15) is 0 Å². The standard InChI is InChI=1S/C10H10N2O2/c1-6-10(13)9(12-14-6)7-2-4-8(11)5-3-7/h2-5,13H,11H2,1H3. The monoisotopic (exact) mass is 190 g/mol. The first-order valence-electron chi connectivity index (χ1n) is 4.19. The Morgan fingerprint density at radius 2 is 1.93 bits per heavy atom. The number of hydrogen-bond acceptors (Lipinski definition) is 4. The van der Waals surface area contributed by atoms with E-state index in [1.165, 1.54) is 0 Å². The molecule has 0 saturated carbocycles. The molecule has 0 radical (unpaired) electrons. The number of rotatable bonds is 1. The van der Waals surface area contributed by atoms with E-state index in [2.05, 4.69) is 5.16 Å². The van der Waals surface area contributed by atoms with E-state index in [1.807, 2.05) is 0 Å². The van der Waals surface area contributed by atoms with E-state index < -0.39 is 0 Å². The van der Waals surface area contributed by atoms with Crippen molar-refractivity contribution in [1.82, 2.24) is 5.16 Å². The number of nitrogens with two attached hydrogens (primary N) is 1. The molecule has 0 aliphatic heterocycles. The van der Waals surface area contributed by atoms with Crippen LogP contribution >= 0.6 is 0 Å². The van der Waals surface area contributed by atoms with Crippen LogP contribution in [0.5, 0.6) is 5.75 Å². The molecular formula is C10H10N2O2. The Morgan fingerprint density at radius 1 is 1.29 bits per heavy atom. The number of aryl methyl sites for hydroxylation is 1. The van der Waals surface area contributed by atoms with E-state index in [0.717, 1.165) is 5.56 Å². The van der Waals surface area contributed by atoms with E-state index >= 15 is 0 Å². The van der Waals surface area contributed by atoms with Gasteiger partial charge >= 0.3 is 0 Å². The second-order valence-electron chi connectivity index (χ2n) is 3.06. The Morgan fingerprint density at radius 3 is 2.43 bits per heavy atom. The van der Waals surface area contributed by atoms with Crippen molar-refractivity contribution >= 4 is 5.69 Å². The van der Waals surface area contributed by atoms with Crippen molar-refractivity contribution in [3.8, 4) is 17.0 Å². The molecule has 0 spiro atoms. The second-order valence-corrected chi connectivity index (χ2v) is 3.06. The summed E-state index contributed by atoms with van der Waals surface area (Å²) in [7, 11) is 0. The molecule has 0 unspecified atom stereocenters. The molecule has 72 valence electrons. The van der Waals surface area contributed by atoms with Gasteiger partial charge in [-0.1, -0.05) is 17.3 Å². The lowest BCUT2D eigenvalue weighted by Crippen LogP contribution is -1.84. The molecule has 0 aliphatic carbocycles. The summed E-state index contributed by atoms with van der Waals surface area (Å²) in [5.41, 5.74) is 7.45. The first-order valence-corrected chi connectivity index (χ1v) is 4.19. The summed E-state index contributed by atoms with van der Waals surface area (Å²) in [5.74, 6) is 0.492. The largest absolute Gasteiger partial charge is 0.503 e. The molecule has 14 heavy (non-hydrogen) atoms. The Balaban J connectivity index is 2.49. The van der Waals surface area contributed by atoms with Crippen LogP contribution in [0.15, 0.2) is 28.8 Å². The van der Waals surface area contributed by atoms with E-state index in [1.54, 1.807) is 31.2 Å². The van der Waals surface area contributed by atoms with Gasteiger partial charge in [-0.3, -0.25) is 0 Å². The molecule has 4 heteroatoms. The fraction of sp³-hybridized carbons (Fsp3) is 0.100. The first kappa shape index (κ1) is 8.62. The average Bonchev–Trinajstić information content (AvgIpc) is 2.50. The van der Waals surface area contributed by atoms with Crippen molar-refractivity contribution in [2.24, 2.45) is 0 Å². The highest BCUT2D eigenvalue weighted by atomic mass is 16.5. The van der Waals surface area contributed by atoms with Crippen molar-refractivity contribution in [3.63, 3.8) is 0 Å². The molecule has 0 fully saturated rings. The lowest BCUT2D eigenvalue weighted by atomic mass is 10.1. The number of benzene rings is 1. The van der Waals surface area contributed by atoms with E-state index in [0.29, 0.717) is 17.1 Å². The minimum Gasteiger partial charge on any atom is -0.503 e. The van der Waals surface area contributed by atoms with Crippen LogP contribution in [0, 0.1) is 6.92 Å². The van der Waals surface area contributed by atoms with Gasteiger partial charge in [0.2, 0.25) is 0 Å². The molecule has 1 aromatic heterocycles. The maximum absolute atomic E-state index is 9.57. The zero-order valence-electron chi connectivity index (χ0n) is 7.69. The average molecular weight is 190 g/mol. The maximum atomic E-state index is 9.57. The third-order valence-corrected chi connectivity index (χ3v) is 2.02. The maximum Gasteiger partial charge on any atom is 0.186 e. The Hall–Kier alpha value is -1.97. The first-order chi connectivity index (χ1) is 6.68. The molecule has 0 aliphatic rings. The van der Waals surface area contributed by atoms with Gasteiger partial charge in [-0.15, -0.1) is 0 Å². The summed E-state index contributed by atoms with van der Waals surface area (Å²) in [6.07, 6.45) is 0. The number of hydrogen-bond donors (Lipinski definition) is 2. The number of nitrogens with zero attached hydrogens (tertiary/aromatic N) is 1. The summed E-state index contributed by atoms with van der Waals surface area (Å²) >= 11 is 0. The summed E-state index contributed by atoms with van der Waals surface area (Å²) < 4.78 is 4.85. The summed E-state index contributed by atoms with van der Waals surface area (Å²) in [6.45, 7) is 1.66. The molecule has 0 atom stereocenters. The molecule has 2 aromatic rings. The summed E-state index contributed by atoms with van der Waals surface area (Å²) in [6, 6.07) is 7.07. The predicted octanol–water partition coefficient (Wildman–Crippen LogP) is 1.94. The van der Waals surface area contributed by atoms with Gasteiger partial charge in [0.05, 0.1) is 0 Å². The minimum absolute atomic E-state index is 0.0785. The third-order valence-electron chi connectivity index (χ3n) is 2.02. The highest BCUT2D eigenvalue weighted by molar-refractivity contribution is 5.67. The Labute approximate surface area is 81.0 Å². The van der Waals surface area contributed by atoms with Crippen molar-refractivity contribution in [2.75, 3.05) is 5.73 Å². The quantitative estimate of drug-likeness (QED) is 0.674. The molecule has 0 bridgehead atoms. The van der Waals surface area contributed by atoms with Crippen molar-refractivity contribution < 1.29 is 9.63 Å². The van der Waals surface area contributed by atoms with Gasteiger partial charge in [0, 0.05) is 18.2 Å². The predicted molar refractivity (Wildman–Crippen MR) is 52.8 cm³/mol. The van der Waals surface area contributed by atoms with Crippen LogP contribution in [0.4, 0.5) is 5.69 Å². The Kier molecular flexibility index (Phi) is 1.89. The lowest BCUT2D eigenvalue weighted by molar-refractivity contribution is 0.384. The lowest BCUT2D eigenvalue weighted by Gasteiger charge is -1.97. The van der Waals surface area contributed by atoms with Crippen LogP contribution in [-0.4, -0.2) is 10.3 Å². The van der Waals surface area contributed by atoms with Gasteiger partial charge in [-0.25, -0.2) is 0 Å². The highest BCUT2D eigenvalue weighted by Crippen LogP contribution is 2.30. The van der Waals surface area contributed by atoms with Crippen molar-refractivity contribution in [3.05, 3.63) is 30.0 Å². The third kappa shape index (κ3) is 1.31. The van der Waals surface area contributed by atoms with E-state index in [9.17, 15) is 5.11 Å². The number of nitrogen functional groups attached to an aromatic ring is 1. The van der Waals surface area contributed by atoms with Crippen LogP contribution in [0.3, 0.4) is 0 Å². The molecule has 1 aromatic carbocycles. The molecule has 3 N–H and O–H groups in total. The Bertz CT molecular complexity index is 446. The zero-order chi connectivity index (χ0) is 10.1. The smallest absolute Gasteiger partial charge is 0.186 e. The van der Waals surface area contributed by atoms with Crippen LogP contribution in [0.2, 0.25) is 0 Å². The van der Waals surface area contributed by atoms with Gasteiger partial charge in [0.15, 0.2) is 17.2 Å². The van der Waals surface area contributed by atoms with Crippen LogP contribution in [0.25, 0.3) is 11.3 Å². The van der Waals surface area contributed by atoms with Crippen LogP contribution in [-0.2, 0) is 0 Å². The zero-order valence-corrected chi connectivity index (χ0v) is 7.69. The SMILES string of the molecule is Cc1onc(-c2ccc(N)cc2)c1O. The van der Waals surface area contributed by atoms with Gasteiger partial charge < -0.3 is 15.4 Å². The minimum atomic E-state index is 0.0785. The van der Waals surface area contributed by atoms with Gasteiger partial charge in [-0.05, 0) is 12.1 Å². The highest BCUT2D eigenvalue weighted by Gasteiger charge is 2.12. The fourth-order valence-electron chi connectivity index (χ4n) is 1.20. The molecular weight excluding hydrogens is 180 g/mol. The van der Waals surface area contributed by atoms with Crippen molar-refractivity contribution in [1.29, 1.82) is 0 Å². The van der Waals surface area contributed by atoms with Crippen molar-refractivity contribution in [2.45, 2.75) is 6.92 Å². The molecule has 2 rings (SSSR count).